The molecule has 0 saturated carbocycles. The first kappa shape index (κ1) is 19.2. The number of halogens is 1. The van der Waals surface area contributed by atoms with Crippen LogP contribution in [-0.2, 0) is 11.3 Å². The van der Waals surface area contributed by atoms with Crippen molar-refractivity contribution < 1.29 is 9.18 Å². The van der Waals surface area contributed by atoms with Crippen LogP contribution in [0, 0.1) is 5.82 Å². The van der Waals surface area contributed by atoms with Gasteiger partial charge in [0.25, 0.3) is 5.56 Å². The Morgan fingerprint density at radius 2 is 2.19 bits per heavy atom. The number of hydrogen-bond acceptors (Lipinski definition) is 5. The molecule has 142 valence electrons. The number of likely N-dealkylation sites (N-methyl/N-ethyl adjacent to an activating group) is 1. The molecule has 0 unspecified atom stereocenters. The van der Waals surface area contributed by atoms with Gasteiger partial charge in [-0.3, -0.25) is 14.2 Å². The second-order valence-electron chi connectivity index (χ2n) is 6.47. The lowest BCUT2D eigenvalue weighted by atomic mass is 10.1. The van der Waals surface area contributed by atoms with E-state index in [-0.39, 0.29) is 36.3 Å². The van der Waals surface area contributed by atoms with Gasteiger partial charge in [-0.05, 0) is 43.2 Å². The van der Waals surface area contributed by atoms with E-state index in [4.69, 9.17) is 0 Å². The summed E-state index contributed by atoms with van der Waals surface area (Å²) in [6.07, 6.45) is 1.64. The highest BCUT2D eigenvalue weighted by atomic mass is 32.1. The van der Waals surface area contributed by atoms with Crippen molar-refractivity contribution in [1.82, 2.24) is 19.8 Å². The number of hydrogen-bond donors (Lipinski definition) is 1. The number of benzene rings is 1. The molecule has 2 aromatic heterocycles. The second kappa shape index (κ2) is 8.41. The SMILES string of the molecule is CN(C)[C@@H](CNC(=O)CCn1cnc2sccc2c1=O)c1cccc(F)c1. The van der Waals surface area contributed by atoms with Crippen molar-refractivity contribution >= 4 is 27.5 Å². The molecule has 27 heavy (non-hydrogen) atoms. The zero-order valence-corrected chi connectivity index (χ0v) is 16.0. The normalized spacial score (nSPS) is 12.4. The van der Waals surface area contributed by atoms with Crippen LogP contribution in [0.1, 0.15) is 18.0 Å². The van der Waals surface area contributed by atoms with Gasteiger partial charge in [0.15, 0.2) is 0 Å². The van der Waals surface area contributed by atoms with Crippen molar-refractivity contribution in [1.29, 1.82) is 0 Å². The van der Waals surface area contributed by atoms with Crippen molar-refractivity contribution in [2.45, 2.75) is 19.0 Å². The van der Waals surface area contributed by atoms with Gasteiger partial charge >= 0.3 is 0 Å². The van der Waals surface area contributed by atoms with Gasteiger partial charge in [-0.2, -0.15) is 0 Å². The second-order valence-corrected chi connectivity index (χ2v) is 7.37. The summed E-state index contributed by atoms with van der Waals surface area (Å²) in [4.78, 5) is 31.4. The van der Waals surface area contributed by atoms with Gasteiger partial charge in [0, 0.05) is 19.5 Å². The Bertz CT molecular complexity index is 999. The fraction of sp³-hybridized carbons (Fsp3) is 0.316. The lowest BCUT2D eigenvalue weighted by Crippen LogP contribution is -2.35. The minimum absolute atomic E-state index is 0.139. The first-order chi connectivity index (χ1) is 13.0. The van der Waals surface area contributed by atoms with Crippen LogP contribution in [0.3, 0.4) is 0 Å². The summed E-state index contributed by atoms with van der Waals surface area (Å²) in [6.45, 7) is 0.613. The smallest absolute Gasteiger partial charge is 0.262 e. The van der Waals surface area contributed by atoms with Gasteiger partial charge < -0.3 is 10.2 Å². The van der Waals surface area contributed by atoms with Gasteiger partial charge in [0.2, 0.25) is 5.91 Å². The number of nitrogens with zero attached hydrogens (tertiary/aromatic N) is 3. The molecule has 3 aromatic rings. The summed E-state index contributed by atoms with van der Waals surface area (Å²) in [7, 11) is 3.76. The Kier molecular flexibility index (Phi) is 5.98. The van der Waals surface area contributed by atoms with E-state index in [0.29, 0.717) is 16.8 Å². The minimum Gasteiger partial charge on any atom is -0.354 e. The number of thiophene rings is 1. The van der Waals surface area contributed by atoms with Crippen LogP contribution in [0.15, 0.2) is 46.8 Å². The average Bonchev–Trinajstić information content (AvgIpc) is 3.11. The fourth-order valence-corrected chi connectivity index (χ4v) is 3.61. The van der Waals surface area contributed by atoms with Crippen LogP contribution in [0.5, 0.6) is 0 Å². The number of aromatic nitrogens is 2. The van der Waals surface area contributed by atoms with Gasteiger partial charge in [-0.25, -0.2) is 9.37 Å². The summed E-state index contributed by atoms with van der Waals surface area (Å²) in [6, 6.07) is 7.95. The highest BCUT2D eigenvalue weighted by molar-refractivity contribution is 7.16. The first-order valence-corrected chi connectivity index (χ1v) is 9.45. The number of carbonyl (C=O) groups is 1. The third-order valence-corrected chi connectivity index (χ3v) is 5.20. The van der Waals surface area contributed by atoms with Crippen LogP contribution < -0.4 is 10.9 Å². The molecule has 0 aliphatic rings. The van der Waals surface area contributed by atoms with Crippen molar-refractivity contribution in [2.24, 2.45) is 0 Å². The largest absolute Gasteiger partial charge is 0.354 e. The molecule has 2 heterocycles. The molecular formula is C19H21FN4O2S. The predicted octanol–water partition coefficient (Wildman–Crippen LogP) is 2.41. The van der Waals surface area contributed by atoms with Crippen molar-refractivity contribution in [3.8, 4) is 0 Å². The van der Waals surface area contributed by atoms with Crippen molar-refractivity contribution in [3.05, 3.63) is 63.8 Å². The van der Waals surface area contributed by atoms with Gasteiger partial charge in [0.1, 0.15) is 10.6 Å². The highest BCUT2D eigenvalue weighted by Crippen LogP contribution is 2.18. The average molecular weight is 388 g/mol. The number of nitrogens with one attached hydrogen (secondary N) is 1. The van der Waals surface area contributed by atoms with E-state index in [1.807, 2.05) is 30.4 Å². The molecule has 1 amide bonds. The van der Waals surface area contributed by atoms with Gasteiger partial charge in [0.05, 0.1) is 17.8 Å². The van der Waals surface area contributed by atoms with E-state index in [2.05, 4.69) is 10.3 Å². The van der Waals surface area contributed by atoms with Crippen molar-refractivity contribution in [2.75, 3.05) is 20.6 Å². The number of aryl methyl sites for hydroxylation is 1. The lowest BCUT2D eigenvalue weighted by molar-refractivity contribution is -0.121. The molecule has 1 atom stereocenters. The molecular weight excluding hydrogens is 367 g/mol. The van der Waals surface area contributed by atoms with Gasteiger partial charge in [-0.15, -0.1) is 11.3 Å². The van der Waals surface area contributed by atoms with E-state index in [1.165, 1.54) is 34.4 Å². The molecule has 3 rings (SSSR count). The summed E-state index contributed by atoms with van der Waals surface area (Å²) < 4.78 is 14.9. The molecule has 0 aliphatic heterocycles. The molecule has 0 fully saturated rings. The third kappa shape index (κ3) is 4.58. The van der Waals surface area contributed by atoms with Crippen LogP contribution >= 0.6 is 11.3 Å². The summed E-state index contributed by atoms with van der Waals surface area (Å²) >= 11 is 1.41. The lowest BCUT2D eigenvalue weighted by Gasteiger charge is -2.25. The maximum absolute atomic E-state index is 13.5. The molecule has 0 saturated heterocycles. The zero-order valence-electron chi connectivity index (χ0n) is 15.2. The molecule has 1 N–H and O–H groups in total. The molecule has 6 nitrogen and oxygen atoms in total. The Balaban J connectivity index is 1.59. The number of amides is 1. The summed E-state index contributed by atoms with van der Waals surface area (Å²) in [5.41, 5.74) is 0.656. The number of carbonyl (C=O) groups excluding carboxylic acids is 1. The number of rotatable bonds is 7. The minimum atomic E-state index is -0.304. The van der Waals surface area contributed by atoms with Crippen LogP contribution in [-0.4, -0.2) is 41.0 Å². The van der Waals surface area contributed by atoms with Crippen LogP contribution in [0.4, 0.5) is 4.39 Å². The molecule has 0 bridgehead atoms. The molecule has 0 aliphatic carbocycles. The molecule has 1 aromatic carbocycles. The highest BCUT2D eigenvalue weighted by Gasteiger charge is 2.16. The van der Waals surface area contributed by atoms with Crippen LogP contribution in [0.25, 0.3) is 10.2 Å². The summed E-state index contributed by atoms with van der Waals surface area (Å²) in [5.74, 6) is -0.475. The zero-order chi connectivity index (χ0) is 19.4. The van der Waals surface area contributed by atoms with E-state index in [1.54, 1.807) is 12.1 Å². The third-order valence-electron chi connectivity index (χ3n) is 4.38. The molecule has 0 radical (unpaired) electrons. The monoisotopic (exact) mass is 388 g/mol. The Morgan fingerprint density at radius 1 is 1.37 bits per heavy atom. The maximum atomic E-state index is 13.5. The summed E-state index contributed by atoms with van der Waals surface area (Å²) in [5, 5.41) is 5.26. The number of fused-ring (bicyclic) bond motifs is 1. The topological polar surface area (TPSA) is 67.2 Å². The van der Waals surface area contributed by atoms with Crippen molar-refractivity contribution in [3.63, 3.8) is 0 Å². The van der Waals surface area contributed by atoms with Crippen LogP contribution in [0.2, 0.25) is 0 Å². The Hall–Kier alpha value is -2.58. The molecule has 0 spiro atoms. The maximum Gasteiger partial charge on any atom is 0.262 e. The van der Waals surface area contributed by atoms with E-state index in [9.17, 15) is 14.0 Å². The van der Waals surface area contributed by atoms with E-state index < -0.39 is 0 Å². The van der Waals surface area contributed by atoms with E-state index >= 15 is 0 Å². The Morgan fingerprint density at radius 3 is 2.93 bits per heavy atom. The molecule has 8 heteroatoms. The first-order valence-electron chi connectivity index (χ1n) is 8.57. The predicted molar refractivity (Wildman–Crippen MR) is 104 cm³/mol. The Labute approximate surface area is 160 Å². The fourth-order valence-electron chi connectivity index (χ4n) is 2.89. The van der Waals surface area contributed by atoms with E-state index in [0.717, 1.165) is 5.56 Å². The quantitative estimate of drug-likeness (QED) is 0.675. The van der Waals surface area contributed by atoms with Gasteiger partial charge in [-0.1, -0.05) is 12.1 Å². The standard InChI is InChI=1S/C19H21FN4O2S/c1-23(2)16(13-4-3-5-14(20)10-13)11-21-17(25)6-8-24-12-22-18-15(19(24)26)7-9-27-18/h3-5,7,9-10,12,16H,6,8,11H2,1-2H3,(H,21,25)/t16-/m0/s1.